The lowest BCUT2D eigenvalue weighted by Gasteiger charge is -2.53. The van der Waals surface area contributed by atoms with Gasteiger partial charge < -0.3 is 35.0 Å². The zero-order chi connectivity index (χ0) is 20.9. The highest BCUT2D eigenvalue weighted by Crippen LogP contribution is 2.55. The Labute approximate surface area is 167 Å². The second-order valence-electron chi connectivity index (χ2n) is 9.77. The van der Waals surface area contributed by atoms with E-state index in [-0.39, 0.29) is 23.4 Å². The summed E-state index contributed by atoms with van der Waals surface area (Å²) in [4.78, 5) is 0. The Morgan fingerprint density at radius 1 is 1.14 bits per heavy atom. The Bertz CT molecular complexity index is 572. The van der Waals surface area contributed by atoms with Gasteiger partial charge in [0.25, 0.3) is 0 Å². The maximum absolute atomic E-state index is 10.5. The smallest absolute Gasteiger partial charge is 0.187 e. The minimum Gasteiger partial charge on any atom is -0.394 e. The van der Waals surface area contributed by atoms with Crippen molar-refractivity contribution in [3.05, 3.63) is 12.2 Å². The monoisotopic (exact) mass is 400 g/mol. The molecule has 3 aliphatic rings. The summed E-state index contributed by atoms with van der Waals surface area (Å²) in [6, 6.07) is 0. The molecular formula is C21H36O7. The molecule has 28 heavy (non-hydrogen) atoms. The fourth-order valence-corrected chi connectivity index (χ4v) is 5.27. The minimum atomic E-state index is -1.45. The lowest BCUT2D eigenvalue weighted by Crippen LogP contribution is -2.60. The minimum absolute atomic E-state index is 0.119. The molecule has 7 heteroatoms. The van der Waals surface area contributed by atoms with Gasteiger partial charge in [-0.05, 0) is 68.8 Å². The highest BCUT2D eigenvalue weighted by Gasteiger charge is 2.50. The van der Waals surface area contributed by atoms with Crippen molar-refractivity contribution in [1.82, 2.24) is 0 Å². The molecule has 3 rings (SSSR count). The summed E-state index contributed by atoms with van der Waals surface area (Å²) in [7, 11) is 0. The van der Waals surface area contributed by atoms with Gasteiger partial charge in [0.15, 0.2) is 6.29 Å². The van der Waals surface area contributed by atoms with Gasteiger partial charge in [-0.2, -0.15) is 0 Å². The van der Waals surface area contributed by atoms with E-state index in [1.54, 1.807) is 0 Å². The van der Waals surface area contributed by atoms with Gasteiger partial charge in [-0.15, -0.1) is 0 Å². The van der Waals surface area contributed by atoms with E-state index >= 15 is 0 Å². The molecule has 2 aliphatic carbocycles. The fourth-order valence-electron chi connectivity index (χ4n) is 5.27. The van der Waals surface area contributed by atoms with Gasteiger partial charge in [0.1, 0.15) is 24.4 Å². The van der Waals surface area contributed by atoms with E-state index in [1.165, 1.54) is 0 Å². The molecule has 0 unspecified atom stereocenters. The number of hydrogen-bond acceptors (Lipinski definition) is 7. The third kappa shape index (κ3) is 4.03. The highest BCUT2D eigenvalue weighted by molar-refractivity contribution is 5.18. The van der Waals surface area contributed by atoms with Gasteiger partial charge in [0.2, 0.25) is 0 Å². The van der Waals surface area contributed by atoms with Gasteiger partial charge in [-0.25, -0.2) is 0 Å². The van der Waals surface area contributed by atoms with E-state index < -0.39 is 42.9 Å². The molecule has 5 N–H and O–H groups in total. The molecule has 9 atom stereocenters. The predicted octanol–water partition coefficient (Wildman–Crippen LogP) is 0.715. The van der Waals surface area contributed by atoms with E-state index in [0.29, 0.717) is 0 Å². The Kier molecular flexibility index (Phi) is 6.29. The molecule has 7 nitrogen and oxygen atoms in total. The topological polar surface area (TPSA) is 120 Å². The lowest BCUT2D eigenvalue weighted by atomic mass is 9.55. The first-order valence-corrected chi connectivity index (χ1v) is 10.3. The largest absolute Gasteiger partial charge is 0.394 e. The highest BCUT2D eigenvalue weighted by atomic mass is 16.7. The van der Waals surface area contributed by atoms with Crippen LogP contribution in [0.1, 0.15) is 52.9 Å². The Morgan fingerprint density at radius 2 is 1.79 bits per heavy atom. The zero-order valence-corrected chi connectivity index (χ0v) is 17.1. The van der Waals surface area contributed by atoms with Crippen LogP contribution in [0.15, 0.2) is 12.2 Å². The van der Waals surface area contributed by atoms with Crippen LogP contribution in [0.3, 0.4) is 0 Å². The molecule has 0 aromatic rings. The average Bonchev–Trinajstić information content (AvgIpc) is 2.63. The molecule has 3 fully saturated rings. The number of fused-ring (bicyclic) bond motifs is 1. The molecule has 2 saturated carbocycles. The number of aliphatic hydroxyl groups excluding tert-OH is 4. The van der Waals surface area contributed by atoms with Gasteiger partial charge in [-0.3, -0.25) is 0 Å². The first-order chi connectivity index (χ1) is 13.0. The van der Waals surface area contributed by atoms with Crippen LogP contribution >= 0.6 is 0 Å². The molecule has 0 radical (unpaired) electrons. The van der Waals surface area contributed by atoms with Crippen LogP contribution in [0.2, 0.25) is 0 Å². The van der Waals surface area contributed by atoms with E-state index in [4.69, 9.17) is 9.47 Å². The number of hydrogen-bond donors (Lipinski definition) is 5. The van der Waals surface area contributed by atoms with Crippen molar-refractivity contribution < 1.29 is 35.0 Å². The third-order valence-electron chi connectivity index (χ3n) is 7.41. The number of rotatable bonds is 4. The summed E-state index contributed by atoms with van der Waals surface area (Å²) in [6.45, 7) is 9.80. The molecule has 0 bridgehead atoms. The van der Waals surface area contributed by atoms with Crippen molar-refractivity contribution in [3.63, 3.8) is 0 Å². The lowest BCUT2D eigenvalue weighted by molar-refractivity contribution is -0.310. The van der Waals surface area contributed by atoms with Crippen molar-refractivity contribution in [1.29, 1.82) is 0 Å². The van der Waals surface area contributed by atoms with Crippen LogP contribution in [0.4, 0.5) is 0 Å². The maximum atomic E-state index is 10.5. The van der Waals surface area contributed by atoms with E-state index in [9.17, 15) is 25.5 Å². The number of ether oxygens (including phenoxy) is 2. The molecule has 0 aromatic heterocycles. The van der Waals surface area contributed by atoms with Gasteiger partial charge in [-0.1, -0.05) is 13.5 Å². The third-order valence-corrected chi connectivity index (χ3v) is 7.41. The second kappa shape index (κ2) is 7.95. The van der Waals surface area contributed by atoms with Crippen LogP contribution in [0.5, 0.6) is 0 Å². The molecule has 0 aromatic carbocycles. The average molecular weight is 401 g/mol. The SMILES string of the molecule is C=C1[C@@H](O[C@@H]2O[C@H](CO)[C@@H](O)[C@H](O)[C@H]2O)CC[C@]2(C)CC[C@@H](C(C)(C)O)C[C@@H]12. The first-order valence-electron chi connectivity index (χ1n) is 10.3. The van der Waals surface area contributed by atoms with Crippen LogP contribution in [-0.4, -0.2) is 74.6 Å². The molecule has 1 aliphatic heterocycles. The first kappa shape index (κ1) is 22.2. The Hall–Kier alpha value is -0.540. The molecule has 1 heterocycles. The van der Waals surface area contributed by atoms with Crippen LogP contribution in [0.25, 0.3) is 0 Å². The molecule has 162 valence electrons. The van der Waals surface area contributed by atoms with Crippen molar-refractivity contribution in [2.45, 2.75) is 95.3 Å². The standard InChI is InChI=1S/C21H36O7/c1-11-13-9-12(20(2,3)26)5-7-21(13,4)8-6-14(11)27-19-18(25)17(24)16(23)15(10-22)28-19/h12-19,22-26H,1,5-10H2,2-4H3/t12-,13+,14+,15-,16-,17+,18-,19-,21+/m1/s1. The molecule has 1 saturated heterocycles. The zero-order valence-electron chi connectivity index (χ0n) is 17.1. The van der Waals surface area contributed by atoms with Crippen LogP contribution < -0.4 is 0 Å². The van der Waals surface area contributed by atoms with E-state index in [1.807, 2.05) is 13.8 Å². The van der Waals surface area contributed by atoms with Crippen molar-refractivity contribution in [2.75, 3.05) is 6.61 Å². The van der Waals surface area contributed by atoms with Gasteiger partial charge >= 0.3 is 0 Å². The molecular weight excluding hydrogens is 364 g/mol. The van der Waals surface area contributed by atoms with Crippen molar-refractivity contribution in [2.24, 2.45) is 17.3 Å². The summed E-state index contributed by atoms with van der Waals surface area (Å²) in [6.07, 6.45) is -2.21. The van der Waals surface area contributed by atoms with Crippen molar-refractivity contribution >= 4 is 0 Å². The van der Waals surface area contributed by atoms with Gasteiger partial charge in [0, 0.05) is 0 Å². The van der Waals surface area contributed by atoms with Crippen LogP contribution in [0, 0.1) is 17.3 Å². The van der Waals surface area contributed by atoms with Crippen molar-refractivity contribution in [3.8, 4) is 0 Å². The summed E-state index contributed by atoms with van der Waals surface area (Å²) < 4.78 is 11.5. The Balaban J connectivity index is 1.71. The van der Waals surface area contributed by atoms with E-state index in [0.717, 1.165) is 37.7 Å². The maximum Gasteiger partial charge on any atom is 0.187 e. The van der Waals surface area contributed by atoms with Gasteiger partial charge in [0.05, 0.1) is 18.3 Å². The Morgan fingerprint density at radius 3 is 2.39 bits per heavy atom. The van der Waals surface area contributed by atoms with Crippen LogP contribution in [-0.2, 0) is 9.47 Å². The number of aliphatic hydroxyl groups is 5. The summed E-state index contributed by atoms with van der Waals surface area (Å²) >= 11 is 0. The summed E-state index contributed by atoms with van der Waals surface area (Å²) in [5, 5.41) is 50.0. The summed E-state index contributed by atoms with van der Waals surface area (Å²) in [5.74, 6) is 0.384. The normalized spacial score (nSPS) is 47.6. The van der Waals surface area contributed by atoms with E-state index in [2.05, 4.69) is 13.5 Å². The summed E-state index contributed by atoms with van der Waals surface area (Å²) in [5.41, 5.74) is 0.306. The second-order valence-corrected chi connectivity index (χ2v) is 9.77. The molecule has 0 spiro atoms. The quantitative estimate of drug-likeness (QED) is 0.348. The fraction of sp³-hybridized carbons (Fsp3) is 0.905. The molecule has 0 amide bonds. The predicted molar refractivity (Wildman–Crippen MR) is 102 cm³/mol.